The van der Waals surface area contributed by atoms with E-state index in [0.29, 0.717) is 48.6 Å². The Hall–Kier alpha value is -2.58. The van der Waals surface area contributed by atoms with Crippen LogP contribution < -0.4 is 9.47 Å². The van der Waals surface area contributed by atoms with Crippen LogP contribution in [0.1, 0.15) is 42.6 Å². The minimum Gasteiger partial charge on any atom is -0.496 e. The lowest BCUT2D eigenvalue weighted by Gasteiger charge is -2.30. The molecule has 7 nitrogen and oxygen atoms in total. The first-order chi connectivity index (χ1) is 14.4. The van der Waals surface area contributed by atoms with Gasteiger partial charge in [-0.2, -0.15) is 12.7 Å². The molecule has 2 rings (SSSR count). The smallest absolute Gasteiger partial charge is 0.306 e. The summed E-state index contributed by atoms with van der Waals surface area (Å²) in [5, 5.41) is 0. The molecule has 30 heavy (non-hydrogen) atoms. The minimum atomic E-state index is -4.08. The van der Waals surface area contributed by atoms with Gasteiger partial charge in [0.25, 0.3) is 5.91 Å². The minimum absolute atomic E-state index is 0.201. The maximum atomic E-state index is 13.6. The number of hydrogen-bond acceptors (Lipinski definition) is 5. The van der Waals surface area contributed by atoms with Crippen LogP contribution in [0.25, 0.3) is 0 Å². The summed E-state index contributed by atoms with van der Waals surface area (Å²) in [7, 11) is -1.08. The Morgan fingerprint density at radius 3 is 1.87 bits per heavy atom. The summed E-state index contributed by atoms with van der Waals surface area (Å²) in [5.74, 6) is 0.307. The molecule has 0 heterocycles. The normalized spacial score (nSPS) is 11.4. The van der Waals surface area contributed by atoms with Crippen LogP contribution in [0.4, 0.5) is 0 Å². The molecule has 1 amide bonds. The second-order valence-electron chi connectivity index (χ2n) is 6.73. The average molecular weight is 435 g/mol. The summed E-state index contributed by atoms with van der Waals surface area (Å²) < 4.78 is 40.3. The Labute approximate surface area is 179 Å². The molecule has 164 valence electrons. The first-order valence-corrected chi connectivity index (χ1v) is 11.4. The maximum Gasteiger partial charge on any atom is 0.306 e. The van der Waals surface area contributed by atoms with Crippen molar-refractivity contribution < 1.29 is 22.7 Å². The van der Waals surface area contributed by atoms with Crippen molar-refractivity contribution >= 4 is 16.1 Å². The number of benzene rings is 2. The Morgan fingerprint density at radius 1 is 0.867 bits per heavy atom. The van der Waals surface area contributed by atoms with Gasteiger partial charge in [-0.25, -0.2) is 4.31 Å². The van der Waals surface area contributed by atoms with Crippen LogP contribution in [0.2, 0.25) is 0 Å². The third-order valence-electron chi connectivity index (χ3n) is 4.63. The molecule has 0 atom stereocenters. The van der Waals surface area contributed by atoms with Gasteiger partial charge in [0.15, 0.2) is 0 Å². The number of rotatable bonds is 11. The van der Waals surface area contributed by atoms with Crippen molar-refractivity contribution in [1.29, 1.82) is 0 Å². The molecule has 8 heteroatoms. The zero-order valence-electron chi connectivity index (χ0n) is 18.0. The molecule has 0 aromatic heterocycles. The Morgan fingerprint density at radius 2 is 1.40 bits per heavy atom. The van der Waals surface area contributed by atoms with Crippen LogP contribution in [-0.4, -0.2) is 50.2 Å². The zero-order valence-corrected chi connectivity index (χ0v) is 18.8. The standard InChI is InChI=1S/C22H30N2O5S/c1-5-15-23(16-6-2)30(26,27)24(22(25)18-11-8-7-9-12-18)17-19-20(28-3)13-10-14-21(19)29-4/h7-14H,5-6,15-17H2,1-4H3. The van der Waals surface area contributed by atoms with Gasteiger partial charge < -0.3 is 9.47 Å². The van der Waals surface area contributed by atoms with E-state index in [1.165, 1.54) is 18.5 Å². The van der Waals surface area contributed by atoms with Gasteiger partial charge in [0.05, 0.1) is 26.3 Å². The van der Waals surface area contributed by atoms with Crippen LogP contribution in [0.3, 0.4) is 0 Å². The van der Waals surface area contributed by atoms with Gasteiger partial charge >= 0.3 is 10.2 Å². The van der Waals surface area contributed by atoms with Gasteiger partial charge in [-0.05, 0) is 37.1 Å². The van der Waals surface area contributed by atoms with Crippen molar-refractivity contribution in [2.24, 2.45) is 0 Å². The van der Waals surface area contributed by atoms with Gasteiger partial charge in [0, 0.05) is 18.7 Å². The van der Waals surface area contributed by atoms with Crippen molar-refractivity contribution in [1.82, 2.24) is 8.61 Å². The van der Waals surface area contributed by atoms with Crippen LogP contribution in [0, 0.1) is 0 Å². The number of nitrogens with zero attached hydrogens (tertiary/aromatic N) is 2. The molecule has 0 radical (unpaired) electrons. The molecule has 2 aromatic carbocycles. The van der Waals surface area contributed by atoms with Crippen LogP contribution in [0.5, 0.6) is 11.5 Å². The molecule has 0 saturated carbocycles. The van der Waals surface area contributed by atoms with E-state index < -0.39 is 16.1 Å². The molecule has 0 saturated heterocycles. The monoisotopic (exact) mass is 434 g/mol. The molecule has 2 aromatic rings. The summed E-state index contributed by atoms with van der Waals surface area (Å²) in [4.78, 5) is 13.3. The number of amides is 1. The molecule has 0 N–H and O–H groups in total. The van der Waals surface area contributed by atoms with Crippen molar-refractivity contribution in [3.05, 3.63) is 59.7 Å². The van der Waals surface area contributed by atoms with Gasteiger partial charge in [0.1, 0.15) is 11.5 Å². The summed E-state index contributed by atoms with van der Waals surface area (Å²) in [6.07, 6.45) is 1.29. The summed E-state index contributed by atoms with van der Waals surface area (Å²) >= 11 is 0. The third-order valence-corrected chi connectivity index (χ3v) is 6.50. The molecule has 0 aliphatic heterocycles. The predicted octanol–water partition coefficient (Wildman–Crippen LogP) is 3.71. The fourth-order valence-electron chi connectivity index (χ4n) is 3.19. The molecule has 0 aliphatic rings. The Bertz CT molecular complexity index is 904. The predicted molar refractivity (Wildman–Crippen MR) is 117 cm³/mol. The van der Waals surface area contributed by atoms with E-state index >= 15 is 0 Å². The molecule has 0 fully saturated rings. The van der Waals surface area contributed by atoms with E-state index in [2.05, 4.69) is 0 Å². The molecule has 0 bridgehead atoms. The van der Waals surface area contributed by atoms with Crippen LogP contribution in [0.15, 0.2) is 48.5 Å². The molecular weight excluding hydrogens is 404 g/mol. The van der Waals surface area contributed by atoms with Crippen molar-refractivity contribution in [3.63, 3.8) is 0 Å². The first-order valence-electron chi connectivity index (χ1n) is 9.97. The second kappa shape index (κ2) is 11.0. The first kappa shape index (κ1) is 23.7. The maximum absolute atomic E-state index is 13.6. The van der Waals surface area contributed by atoms with Crippen molar-refractivity contribution in [3.8, 4) is 11.5 Å². The molecule has 0 unspecified atom stereocenters. The molecule has 0 spiro atoms. The molecule has 0 aliphatic carbocycles. The third kappa shape index (κ3) is 5.31. The van der Waals surface area contributed by atoms with E-state index in [1.54, 1.807) is 48.5 Å². The highest BCUT2D eigenvalue weighted by Gasteiger charge is 2.34. The molecular formula is C22H30N2O5S. The van der Waals surface area contributed by atoms with Gasteiger partial charge in [0.2, 0.25) is 0 Å². The second-order valence-corrected chi connectivity index (χ2v) is 8.58. The largest absolute Gasteiger partial charge is 0.496 e. The number of carbonyl (C=O) groups is 1. The SMILES string of the molecule is CCCN(CCC)S(=O)(=O)N(Cc1c(OC)cccc1OC)C(=O)c1ccccc1. The van der Waals surface area contributed by atoms with Gasteiger partial charge in [-0.15, -0.1) is 0 Å². The Balaban J connectivity index is 2.59. The van der Waals surface area contributed by atoms with E-state index in [0.717, 1.165) is 4.31 Å². The highest BCUT2D eigenvalue weighted by molar-refractivity contribution is 7.87. The summed E-state index contributed by atoms with van der Waals surface area (Å²) in [5.41, 5.74) is 0.784. The number of methoxy groups -OCH3 is 2. The van der Waals surface area contributed by atoms with E-state index in [4.69, 9.17) is 9.47 Å². The van der Waals surface area contributed by atoms with E-state index in [1.807, 2.05) is 13.8 Å². The average Bonchev–Trinajstić information content (AvgIpc) is 2.77. The Kier molecular flexibility index (Phi) is 8.68. The summed E-state index contributed by atoms with van der Waals surface area (Å²) in [6.45, 7) is 4.28. The van der Waals surface area contributed by atoms with E-state index in [-0.39, 0.29) is 6.54 Å². The highest BCUT2D eigenvalue weighted by atomic mass is 32.2. The number of hydrogen-bond donors (Lipinski definition) is 0. The number of carbonyl (C=O) groups excluding carboxylic acids is 1. The van der Waals surface area contributed by atoms with Gasteiger partial charge in [-0.3, -0.25) is 4.79 Å². The van der Waals surface area contributed by atoms with Crippen LogP contribution >= 0.6 is 0 Å². The highest BCUT2D eigenvalue weighted by Crippen LogP contribution is 2.31. The van der Waals surface area contributed by atoms with E-state index in [9.17, 15) is 13.2 Å². The van der Waals surface area contributed by atoms with Crippen molar-refractivity contribution in [2.45, 2.75) is 33.2 Å². The fourth-order valence-corrected chi connectivity index (χ4v) is 4.90. The van der Waals surface area contributed by atoms with Crippen LogP contribution in [-0.2, 0) is 16.8 Å². The lowest BCUT2D eigenvalue weighted by molar-refractivity contribution is 0.0845. The quantitative estimate of drug-likeness (QED) is 0.539. The van der Waals surface area contributed by atoms with Gasteiger partial charge in [-0.1, -0.05) is 38.1 Å². The van der Waals surface area contributed by atoms with Crippen molar-refractivity contribution in [2.75, 3.05) is 27.3 Å². The number of ether oxygens (including phenoxy) is 2. The summed E-state index contributed by atoms with van der Waals surface area (Å²) in [6, 6.07) is 13.6. The lowest BCUT2D eigenvalue weighted by Crippen LogP contribution is -2.47. The zero-order chi connectivity index (χ0) is 22.1. The topological polar surface area (TPSA) is 76.2 Å². The fraction of sp³-hybridized carbons (Fsp3) is 0.409. The lowest BCUT2D eigenvalue weighted by atomic mass is 10.1.